The van der Waals surface area contributed by atoms with Gasteiger partial charge in [-0.2, -0.15) is 13.7 Å². The van der Waals surface area contributed by atoms with Gasteiger partial charge >= 0.3 is 6.09 Å². The van der Waals surface area contributed by atoms with E-state index in [1.807, 2.05) is 6.07 Å². The summed E-state index contributed by atoms with van der Waals surface area (Å²) in [6, 6.07) is 1.97. The molecule has 8 heteroatoms. The van der Waals surface area contributed by atoms with Crippen molar-refractivity contribution in [3.05, 3.63) is 0 Å². The highest BCUT2D eigenvalue weighted by molar-refractivity contribution is 7.85. The molecule has 0 radical (unpaired) electrons. The molecular weight excluding hydrogens is 272 g/mol. The Labute approximate surface area is 113 Å². The van der Waals surface area contributed by atoms with Gasteiger partial charge in [0.15, 0.2) is 0 Å². The first-order valence-electron chi connectivity index (χ1n) is 5.74. The maximum absolute atomic E-state index is 11.6. The van der Waals surface area contributed by atoms with Crippen molar-refractivity contribution >= 4 is 16.2 Å². The van der Waals surface area contributed by atoms with Gasteiger partial charge in [-0.25, -0.2) is 4.79 Å². The van der Waals surface area contributed by atoms with Crippen LogP contribution in [0.4, 0.5) is 4.79 Å². The molecule has 0 bridgehead atoms. The van der Waals surface area contributed by atoms with Crippen LogP contribution in [0.2, 0.25) is 0 Å². The number of nitriles is 1. The van der Waals surface area contributed by atoms with Gasteiger partial charge in [0.2, 0.25) is 0 Å². The number of ether oxygens (including phenoxy) is 1. The van der Waals surface area contributed by atoms with Crippen molar-refractivity contribution in [3.63, 3.8) is 0 Å². The van der Waals surface area contributed by atoms with Gasteiger partial charge in [0.1, 0.15) is 11.1 Å². The molecule has 1 N–H and O–H groups in total. The third-order valence-corrected chi connectivity index (χ3v) is 3.08. The van der Waals surface area contributed by atoms with Crippen molar-refractivity contribution in [2.24, 2.45) is 5.92 Å². The molecule has 7 nitrogen and oxygen atoms in total. The second kappa shape index (κ2) is 4.98. The molecule has 1 amide bonds. The monoisotopic (exact) mass is 290 g/mol. The molecule has 0 saturated heterocycles. The molecular formula is C11H18N2O5S. The highest BCUT2D eigenvalue weighted by atomic mass is 32.2. The lowest BCUT2D eigenvalue weighted by Gasteiger charge is -2.21. The summed E-state index contributed by atoms with van der Waals surface area (Å²) in [6.07, 6.45) is 0.583. The molecule has 1 rings (SSSR count). The number of hydrogen-bond donors (Lipinski definition) is 1. The van der Waals surface area contributed by atoms with Crippen LogP contribution in [0.1, 0.15) is 27.2 Å². The van der Waals surface area contributed by atoms with Gasteiger partial charge in [0.05, 0.1) is 18.9 Å². The van der Waals surface area contributed by atoms with E-state index in [1.54, 1.807) is 20.8 Å². The second-order valence-electron chi connectivity index (χ2n) is 5.60. The first kappa shape index (κ1) is 15.7. The highest BCUT2D eigenvalue weighted by Crippen LogP contribution is 2.43. The number of rotatable bonds is 4. The van der Waals surface area contributed by atoms with Crippen LogP contribution < -0.4 is 5.32 Å². The number of amides is 1. The summed E-state index contributed by atoms with van der Waals surface area (Å²) in [5, 5.41) is 11.5. The summed E-state index contributed by atoms with van der Waals surface area (Å²) in [4.78, 5) is 11.6. The molecule has 0 unspecified atom stereocenters. The summed E-state index contributed by atoms with van der Waals surface area (Å²) >= 11 is 0. The second-order valence-corrected chi connectivity index (χ2v) is 7.24. The van der Waals surface area contributed by atoms with Gasteiger partial charge in [0.25, 0.3) is 10.1 Å². The Balaban J connectivity index is 2.53. The van der Waals surface area contributed by atoms with Gasteiger partial charge in [-0.05, 0) is 27.2 Å². The van der Waals surface area contributed by atoms with Crippen LogP contribution in [0, 0.1) is 17.2 Å². The van der Waals surface area contributed by atoms with E-state index in [-0.39, 0.29) is 12.5 Å². The molecule has 1 aliphatic rings. The standard InChI is InChI=1S/C11H18N2O5S/c1-10(2,3)18-9(14)13-11(7-12)5-8(11)6-17-19(4,15)16/h8H,5-6H2,1-4H3,(H,13,14)/t8-,11-/m1/s1. The summed E-state index contributed by atoms with van der Waals surface area (Å²) < 4.78 is 31.4. The fourth-order valence-corrected chi connectivity index (χ4v) is 1.95. The molecule has 0 spiro atoms. The van der Waals surface area contributed by atoms with Crippen LogP contribution in [0.15, 0.2) is 0 Å². The number of carbonyl (C=O) groups is 1. The predicted octanol–water partition coefficient (Wildman–Crippen LogP) is 0.770. The number of carbonyl (C=O) groups excluding carboxylic acids is 1. The number of alkyl carbamates (subject to hydrolysis) is 1. The minimum Gasteiger partial charge on any atom is -0.444 e. The van der Waals surface area contributed by atoms with Crippen LogP contribution >= 0.6 is 0 Å². The minimum absolute atomic E-state index is 0.123. The Kier molecular flexibility index (Phi) is 4.12. The van der Waals surface area contributed by atoms with Crippen LogP contribution in [-0.4, -0.2) is 38.5 Å². The van der Waals surface area contributed by atoms with Gasteiger partial charge < -0.3 is 10.1 Å². The van der Waals surface area contributed by atoms with E-state index in [9.17, 15) is 13.2 Å². The van der Waals surface area contributed by atoms with E-state index >= 15 is 0 Å². The van der Waals surface area contributed by atoms with E-state index in [1.165, 1.54) is 0 Å². The SMILES string of the molecule is CC(C)(C)OC(=O)N[C@@]1(C#N)C[C@@H]1COS(C)(=O)=O. The van der Waals surface area contributed by atoms with Crippen molar-refractivity contribution in [1.82, 2.24) is 5.32 Å². The smallest absolute Gasteiger partial charge is 0.408 e. The van der Waals surface area contributed by atoms with Crippen LogP contribution in [0.25, 0.3) is 0 Å². The molecule has 0 aromatic heterocycles. The molecule has 1 saturated carbocycles. The zero-order chi connectivity index (χ0) is 14.9. The van der Waals surface area contributed by atoms with Crippen molar-refractivity contribution in [1.29, 1.82) is 5.26 Å². The summed E-state index contributed by atoms with van der Waals surface area (Å²) in [7, 11) is -3.55. The molecule has 108 valence electrons. The average molecular weight is 290 g/mol. The van der Waals surface area contributed by atoms with Gasteiger partial charge in [-0.15, -0.1) is 0 Å². The number of nitrogens with one attached hydrogen (secondary N) is 1. The fraction of sp³-hybridized carbons (Fsp3) is 0.818. The predicted molar refractivity (Wildman–Crippen MR) is 66.6 cm³/mol. The van der Waals surface area contributed by atoms with Crippen molar-refractivity contribution in [2.75, 3.05) is 12.9 Å². The van der Waals surface area contributed by atoms with E-state index in [0.29, 0.717) is 6.42 Å². The van der Waals surface area contributed by atoms with Crippen LogP contribution in [-0.2, 0) is 19.0 Å². The molecule has 19 heavy (non-hydrogen) atoms. The molecule has 0 heterocycles. The topological polar surface area (TPSA) is 105 Å². The van der Waals surface area contributed by atoms with E-state index in [2.05, 4.69) is 9.50 Å². The van der Waals surface area contributed by atoms with Gasteiger partial charge in [0, 0.05) is 5.92 Å². The zero-order valence-corrected chi connectivity index (χ0v) is 12.2. The number of nitrogens with zero attached hydrogens (tertiary/aromatic N) is 1. The van der Waals surface area contributed by atoms with E-state index in [0.717, 1.165) is 6.26 Å². The Hall–Kier alpha value is -1.33. The first-order chi connectivity index (χ1) is 8.47. The molecule has 0 aromatic carbocycles. The lowest BCUT2D eigenvalue weighted by Crippen LogP contribution is -2.41. The Morgan fingerprint density at radius 3 is 2.53 bits per heavy atom. The molecule has 2 atom stereocenters. The molecule has 0 aliphatic heterocycles. The largest absolute Gasteiger partial charge is 0.444 e. The summed E-state index contributed by atoms with van der Waals surface area (Å²) in [6.45, 7) is 5.01. The van der Waals surface area contributed by atoms with Crippen molar-refractivity contribution in [2.45, 2.75) is 38.3 Å². The molecule has 1 aliphatic carbocycles. The Bertz CT molecular complexity index is 502. The highest BCUT2D eigenvalue weighted by Gasteiger charge is 2.57. The van der Waals surface area contributed by atoms with Crippen LogP contribution in [0.3, 0.4) is 0 Å². The lowest BCUT2D eigenvalue weighted by molar-refractivity contribution is 0.0504. The maximum Gasteiger partial charge on any atom is 0.408 e. The van der Waals surface area contributed by atoms with Crippen molar-refractivity contribution < 1.29 is 22.1 Å². The third kappa shape index (κ3) is 5.04. The Morgan fingerprint density at radius 2 is 2.11 bits per heavy atom. The van der Waals surface area contributed by atoms with Crippen LogP contribution in [0.5, 0.6) is 0 Å². The summed E-state index contributed by atoms with van der Waals surface area (Å²) in [5.41, 5.74) is -1.75. The van der Waals surface area contributed by atoms with Crippen molar-refractivity contribution in [3.8, 4) is 6.07 Å². The maximum atomic E-state index is 11.6. The van der Waals surface area contributed by atoms with Gasteiger partial charge in [-0.1, -0.05) is 0 Å². The normalized spacial score (nSPS) is 26.4. The van der Waals surface area contributed by atoms with E-state index in [4.69, 9.17) is 10.00 Å². The quantitative estimate of drug-likeness (QED) is 0.767. The fourth-order valence-electron chi connectivity index (χ4n) is 1.54. The van der Waals surface area contributed by atoms with Gasteiger partial charge in [-0.3, -0.25) is 4.18 Å². The third-order valence-electron chi connectivity index (χ3n) is 2.51. The minimum atomic E-state index is -3.55. The molecule has 1 fully saturated rings. The number of hydrogen-bond acceptors (Lipinski definition) is 6. The zero-order valence-electron chi connectivity index (χ0n) is 11.4. The lowest BCUT2D eigenvalue weighted by atomic mass is 10.2. The Morgan fingerprint density at radius 1 is 1.53 bits per heavy atom. The molecule has 0 aromatic rings. The average Bonchev–Trinajstić information content (AvgIpc) is 2.85. The summed E-state index contributed by atoms with van der Waals surface area (Å²) in [5.74, 6) is -0.347. The van der Waals surface area contributed by atoms with E-state index < -0.39 is 27.4 Å². The first-order valence-corrected chi connectivity index (χ1v) is 7.56.